The molecule has 1 heteroatoms. The first-order chi connectivity index (χ1) is 31.8. The van der Waals surface area contributed by atoms with E-state index in [9.17, 15) is 0 Å². The van der Waals surface area contributed by atoms with Gasteiger partial charge in [-0.15, -0.1) is 0 Å². The minimum absolute atomic E-state index is 0.186. The zero-order valence-electron chi connectivity index (χ0n) is 37.6. The van der Waals surface area contributed by atoms with E-state index in [1.807, 2.05) is 42.5 Å². The molecule has 10 aromatic rings. The number of hydrogen-bond acceptors (Lipinski definition) is 1. The Morgan fingerprint density at radius 1 is 0.317 bits per heavy atom. The second-order valence-corrected chi connectivity index (χ2v) is 15.6. The number of benzene rings is 10. The van der Waals surface area contributed by atoms with Gasteiger partial charge in [0.25, 0.3) is 0 Å². The number of rotatable bonds is 6. The second kappa shape index (κ2) is 13.7. The minimum Gasteiger partial charge on any atom is -0.310 e. The van der Waals surface area contributed by atoms with Crippen molar-refractivity contribution in [3.63, 3.8) is 0 Å². The van der Waals surface area contributed by atoms with Gasteiger partial charge in [-0.1, -0.05) is 200 Å². The molecule has 0 unspecified atom stereocenters. The molecule has 0 atom stereocenters. The van der Waals surface area contributed by atoms with Gasteiger partial charge in [0.05, 0.1) is 18.0 Å². The molecule has 10 aromatic carbocycles. The van der Waals surface area contributed by atoms with Crippen LogP contribution in [-0.4, -0.2) is 0 Å². The molecular weight excluding hydrogens is 723 g/mol. The van der Waals surface area contributed by atoms with Gasteiger partial charge in [0, 0.05) is 16.8 Å². The molecule has 0 aliphatic heterocycles. The molecule has 0 radical (unpaired) electrons. The number of para-hydroxylation sites is 1. The Morgan fingerprint density at radius 3 is 1.47 bits per heavy atom. The van der Waals surface area contributed by atoms with Crippen LogP contribution in [0.3, 0.4) is 0 Å². The first-order valence-corrected chi connectivity index (χ1v) is 20.4. The van der Waals surface area contributed by atoms with Crippen molar-refractivity contribution < 1.29 is 6.85 Å². The number of hydrogen-bond donors (Lipinski definition) is 0. The van der Waals surface area contributed by atoms with Crippen LogP contribution in [0.1, 0.15) is 29.1 Å². The van der Waals surface area contributed by atoms with E-state index in [1.165, 1.54) is 50.1 Å². The van der Waals surface area contributed by atoms with E-state index in [0.29, 0.717) is 5.56 Å². The van der Waals surface area contributed by atoms with E-state index in [0.717, 1.165) is 44.5 Å². The standard InChI is InChI=1S/C59H39N/c1-3-15-40(16-4-1)41-33-36-46(37-34-41)60(45-17-5-2-6-18-45)58-28-14-23-48-47(22-13-24-53(48)58)43-31-29-42(30-32-43)44-35-38-52-51-21-9-12-27-56(51)59(57(52)39-44)54-25-10-7-19-49(54)50-20-8-11-26-55(50)59/h1-39H/i1D,3D,4D,15D,16D. The molecule has 0 bridgehead atoms. The summed E-state index contributed by atoms with van der Waals surface area (Å²) < 4.78 is 41.6. The fraction of sp³-hybridized carbons (Fsp3) is 0.0169. The Bertz CT molecular complexity index is 3450. The van der Waals surface area contributed by atoms with E-state index in [1.54, 1.807) is 0 Å². The van der Waals surface area contributed by atoms with Gasteiger partial charge < -0.3 is 4.90 Å². The van der Waals surface area contributed by atoms with Crippen LogP contribution >= 0.6 is 0 Å². The van der Waals surface area contributed by atoms with Crippen LogP contribution in [0.5, 0.6) is 0 Å². The molecule has 0 amide bonds. The molecule has 1 spiro atoms. The Hall–Kier alpha value is -7.74. The molecule has 2 aliphatic carbocycles. The number of anilines is 3. The maximum absolute atomic E-state index is 8.56. The number of nitrogens with zero attached hydrogens (tertiary/aromatic N) is 1. The summed E-state index contributed by atoms with van der Waals surface area (Å²) in [4.78, 5) is 2.21. The average molecular weight is 767 g/mol. The lowest BCUT2D eigenvalue weighted by molar-refractivity contribution is 0.794. The maximum Gasteiger partial charge on any atom is 0.0725 e. The molecular formula is C59H39N. The van der Waals surface area contributed by atoms with Crippen molar-refractivity contribution in [3.05, 3.63) is 259 Å². The summed E-state index contributed by atoms with van der Waals surface area (Å²) in [5.74, 6) is 0. The smallest absolute Gasteiger partial charge is 0.0725 e. The topological polar surface area (TPSA) is 3.24 Å². The first-order valence-electron chi connectivity index (χ1n) is 22.9. The Kier molecular flexibility index (Phi) is 6.72. The molecule has 60 heavy (non-hydrogen) atoms. The summed E-state index contributed by atoms with van der Waals surface area (Å²) in [5.41, 5.74) is 18.3. The maximum atomic E-state index is 8.56. The first kappa shape index (κ1) is 29.5. The minimum atomic E-state index is -0.400. The fourth-order valence-corrected chi connectivity index (χ4v) is 10.0. The van der Waals surface area contributed by atoms with E-state index in [2.05, 4.69) is 169 Å². The Balaban J connectivity index is 0.933. The zero-order valence-corrected chi connectivity index (χ0v) is 32.6. The van der Waals surface area contributed by atoms with E-state index < -0.39 is 11.5 Å². The van der Waals surface area contributed by atoms with Gasteiger partial charge in [0.1, 0.15) is 0 Å². The van der Waals surface area contributed by atoms with Crippen LogP contribution in [-0.2, 0) is 5.41 Å². The fourth-order valence-electron chi connectivity index (χ4n) is 10.0. The largest absolute Gasteiger partial charge is 0.310 e. The van der Waals surface area contributed by atoms with Gasteiger partial charge in [-0.25, -0.2) is 0 Å². The third-order valence-electron chi connectivity index (χ3n) is 12.6. The van der Waals surface area contributed by atoms with Crippen molar-refractivity contribution in [2.45, 2.75) is 5.41 Å². The molecule has 1 nitrogen and oxygen atoms in total. The van der Waals surface area contributed by atoms with Crippen molar-refractivity contribution in [1.29, 1.82) is 0 Å². The lowest BCUT2D eigenvalue weighted by atomic mass is 9.70. The molecule has 12 rings (SSSR count). The van der Waals surface area contributed by atoms with Gasteiger partial charge in [-0.05, 0) is 120 Å². The van der Waals surface area contributed by atoms with Crippen molar-refractivity contribution in [2.24, 2.45) is 0 Å². The normalized spacial score (nSPS) is 14.0. The van der Waals surface area contributed by atoms with Crippen LogP contribution in [0.25, 0.3) is 66.4 Å². The monoisotopic (exact) mass is 766 g/mol. The third-order valence-corrected chi connectivity index (χ3v) is 12.6. The van der Waals surface area contributed by atoms with Gasteiger partial charge in [0.15, 0.2) is 0 Å². The van der Waals surface area contributed by atoms with Crippen LogP contribution in [0, 0.1) is 0 Å². The highest BCUT2D eigenvalue weighted by Crippen LogP contribution is 2.63. The van der Waals surface area contributed by atoms with E-state index in [4.69, 9.17) is 6.85 Å². The quantitative estimate of drug-likeness (QED) is 0.163. The summed E-state index contributed by atoms with van der Waals surface area (Å²) in [7, 11) is 0. The van der Waals surface area contributed by atoms with Gasteiger partial charge in [0.2, 0.25) is 0 Å². The van der Waals surface area contributed by atoms with Crippen LogP contribution < -0.4 is 4.90 Å². The Labute approximate surface area is 358 Å². The van der Waals surface area contributed by atoms with Crippen molar-refractivity contribution in [3.8, 4) is 55.6 Å². The van der Waals surface area contributed by atoms with Gasteiger partial charge in [-0.3, -0.25) is 0 Å². The Morgan fingerprint density at radius 2 is 0.800 bits per heavy atom. The highest BCUT2D eigenvalue weighted by molar-refractivity contribution is 6.06. The summed E-state index contributed by atoms with van der Waals surface area (Å²) in [6.45, 7) is 0. The predicted octanol–water partition coefficient (Wildman–Crippen LogP) is 15.7. The van der Waals surface area contributed by atoms with Gasteiger partial charge >= 0.3 is 0 Å². The summed E-state index contributed by atoms with van der Waals surface area (Å²) >= 11 is 0. The number of fused-ring (bicyclic) bond motifs is 11. The third kappa shape index (κ3) is 5.13. The molecule has 0 N–H and O–H groups in total. The molecule has 2 aliphatic rings. The van der Waals surface area contributed by atoms with E-state index in [-0.39, 0.29) is 29.7 Å². The summed E-state index contributed by atoms with van der Waals surface area (Å²) in [6, 6.07) is 71.9. The SMILES string of the molecule is [2H]c1c([2H])c([2H])c(-c2ccc(N(c3ccccc3)c3cccc4c(-c5ccc(-c6ccc7c(c6)C6(c8ccccc8-c8ccccc86)c6ccccc6-7)cc5)cccc34)cc2)c([2H])c1[2H]. The average Bonchev–Trinajstić information content (AvgIpc) is 3.83. The zero-order chi connectivity index (χ0) is 44.0. The van der Waals surface area contributed by atoms with Crippen LogP contribution in [0.2, 0.25) is 0 Å². The van der Waals surface area contributed by atoms with E-state index >= 15 is 0 Å². The lowest BCUT2D eigenvalue weighted by Crippen LogP contribution is -2.25. The lowest BCUT2D eigenvalue weighted by Gasteiger charge is -2.30. The van der Waals surface area contributed by atoms with Gasteiger partial charge in [-0.2, -0.15) is 0 Å². The highest BCUT2D eigenvalue weighted by atomic mass is 15.1. The molecule has 280 valence electrons. The second-order valence-electron chi connectivity index (χ2n) is 15.6. The highest BCUT2D eigenvalue weighted by Gasteiger charge is 2.51. The summed E-state index contributed by atoms with van der Waals surface area (Å²) in [6.07, 6.45) is 0. The summed E-state index contributed by atoms with van der Waals surface area (Å²) in [5, 5.41) is 2.19. The molecule has 0 heterocycles. The molecule has 0 aromatic heterocycles. The van der Waals surface area contributed by atoms with Crippen LogP contribution in [0.4, 0.5) is 17.1 Å². The van der Waals surface area contributed by atoms with Crippen molar-refractivity contribution in [2.75, 3.05) is 4.90 Å². The molecule has 0 fully saturated rings. The predicted molar refractivity (Wildman–Crippen MR) is 251 cm³/mol. The van der Waals surface area contributed by atoms with Crippen molar-refractivity contribution >= 4 is 27.8 Å². The molecule has 0 saturated heterocycles. The van der Waals surface area contributed by atoms with Crippen LogP contribution in [0.15, 0.2) is 236 Å². The van der Waals surface area contributed by atoms with Crippen molar-refractivity contribution in [1.82, 2.24) is 0 Å². The molecule has 0 saturated carbocycles.